The minimum Gasteiger partial charge on any atom is -0.377 e. The van der Waals surface area contributed by atoms with Crippen LogP contribution in [0.5, 0.6) is 0 Å². The molecule has 0 bridgehead atoms. The van der Waals surface area contributed by atoms with E-state index in [9.17, 15) is 9.59 Å². The maximum Gasteiger partial charge on any atom is 0.286 e. The Morgan fingerprint density at radius 1 is 1.03 bits per heavy atom. The highest BCUT2D eigenvalue weighted by atomic mass is 32.1. The number of piperidine rings is 1. The molecule has 2 heterocycles. The average Bonchev–Trinajstić information content (AvgIpc) is 3.34. The van der Waals surface area contributed by atoms with E-state index < -0.39 is 0 Å². The fourth-order valence-electron chi connectivity index (χ4n) is 4.06. The zero-order chi connectivity index (χ0) is 24.6. The summed E-state index contributed by atoms with van der Waals surface area (Å²) in [4.78, 5) is 27.4. The largest absolute Gasteiger partial charge is 0.377 e. The van der Waals surface area contributed by atoms with Crippen molar-refractivity contribution in [2.75, 3.05) is 32.1 Å². The summed E-state index contributed by atoms with van der Waals surface area (Å²) in [5, 5.41) is 14.6. The quantitative estimate of drug-likeness (QED) is 0.470. The highest BCUT2D eigenvalue weighted by molar-refractivity contribution is 7.13. The van der Waals surface area contributed by atoms with E-state index in [0.717, 1.165) is 32.5 Å². The summed E-state index contributed by atoms with van der Waals surface area (Å²) in [5.41, 5.74) is 3.79. The topological polar surface area (TPSA) is 96.5 Å². The Morgan fingerprint density at radius 2 is 1.74 bits per heavy atom. The van der Waals surface area contributed by atoms with Gasteiger partial charge in [0, 0.05) is 31.5 Å². The van der Waals surface area contributed by atoms with E-state index in [-0.39, 0.29) is 16.8 Å². The molecular weight excluding hydrogens is 462 g/mol. The second-order valence-corrected chi connectivity index (χ2v) is 9.94. The number of nitrogens with one attached hydrogen (secondary N) is 2. The Labute approximate surface area is 209 Å². The van der Waals surface area contributed by atoms with Gasteiger partial charge in [0.2, 0.25) is 5.01 Å². The lowest BCUT2D eigenvalue weighted by molar-refractivity contribution is 0.0934. The number of hydrogen-bond donors (Lipinski definition) is 2. The molecule has 184 valence electrons. The van der Waals surface area contributed by atoms with E-state index in [4.69, 9.17) is 4.74 Å². The SMILES string of the molecule is COCc1nnc(C(=O)Nc2ccc(C(=O)NCC3CCN(Cc4ccc(C)cc4)CC3)cc2)s1. The second-order valence-electron chi connectivity index (χ2n) is 8.88. The first kappa shape index (κ1) is 25.0. The third-order valence-corrected chi connectivity index (χ3v) is 7.01. The molecule has 35 heavy (non-hydrogen) atoms. The van der Waals surface area contributed by atoms with Crippen LogP contribution < -0.4 is 10.6 Å². The Bertz CT molecular complexity index is 1120. The van der Waals surface area contributed by atoms with Gasteiger partial charge >= 0.3 is 0 Å². The highest BCUT2D eigenvalue weighted by Crippen LogP contribution is 2.19. The second kappa shape index (κ2) is 12.0. The molecule has 0 aliphatic carbocycles. The van der Waals surface area contributed by atoms with Crippen molar-refractivity contribution < 1.29 is 14.3 Å². The fourth-order valence-corrected chi connectivity index (χ4v) is 4.76. The van der Waals surface area contributed by atoms with Crippen LogP contribution in [0.15, 0.2) is 48.5 Å². The molecule has 1 fully saturated rings. The minimum atomic E-state index is -0.337. The molecule has 4 rings (SSSR count). The van der Waals surface area contributed by atoms with Gasteiger partial charge < -0.3 is 15.4 Å². The molecule has 0 spiro atoms. The molecule has 0 saturated carbocycles. The maximum atomic E-state index is 12.6. The summed E-state index contributed by atoms with van der Waals surface area (Å²) in [6.45, 7) is 6.18. The Balaban J connectivity index is 1.19. The lowest BCUT2D eigenvalue weighted by Gasteiger charge is -2.32. The number of ether oxygens (including phenoxy) is 1. The van der Waals surface area contributed by atoms with Crippen LogP contribution >= 0.6 is 11.3 Å². The number of hydrogen-bond acceptors (Lipinski definition) is 7. The number of anilines is 1. The molecule has 0 radical (unpaired) electrons. The van der Waals surface area contributed by atoms with Gasteiger partial charge in [-0.3, -0.25) is 14.5 Å². The number of benzene rings is 2. The highest BCUT2D eigenvalue weighted by Gasteiger charge is 2.20. The van der Waals surface area contributed by atoms with Gasteiger partial charge in [0.25, 0.3) is 11.8 Å². The standard InChI is InChI=1S/C26H31N5O3S/c1-18-3-5-20(6-4-18)16-31-13-11-19(12-14-31)15-27-24(32)21-7-9-22(10-8-21)28-25(33)26-30-29-23(35-26)17-34-2/h3-10,19H,11-17H2,1-2H3,(H,27,32)(H,28,33). The number of methoxy groups -OCH3 is 1. The lowest BCUT2D eigenvalue weighted by atomic mass is 9.96. The summed E-state index contributed by atoms with van der Waals surface area (Å²) in [6, 6.07) is 15.6. The zero-order valence-electron chi connectivity index (χ0n) is 20.1. The molecule has 9 heteroatoms. The van der Waals surface area contributed by atoms with Crippen molar-refractivity contribution >= 4 is 28.8 Å². The summed E-state index contributed by atoms with van der Waals surface area (Å²) < 4.78 is 5.00. The van der Waals surface area contributed by atoms with Crippen LogP contribution in [-0.4, -0.2) is 53.7 Å². The van der Waals surface area contributed by atoms with Gasteiger partial charge in [-0.15, -0.1) is 10.2 Å². The average molecular weight is 494 g/mol. The molecule has 1 saturated heterocycles. The van der Waals surface area contributed by atoms with E-state index in [1.807, 2.05) is 0 Å². The van der Waals surface area contributed by atoms with Crippen LogP contribution in [0, 0.1) is 12.8 Å². The smallest absolute Gasteiger partial charge is 0.286 e. The molecule has 0 atom stereocenters. The molecule has 2 aromatic carbocycles. The van der Waals surface area contributed by atoms with Crippen molar-refractivity contribution in [1.82, 2.24) is 20.4 Å². The summed E-state index contributed by atoms with van der Waals surface area (Å²) in [7, 11) is 1.56. The fraction of sp³-hybridized carbons (Fsp3) is 0.385. The van der Waals surface area contributed by atoms with Crippen LogP contribution in [0.4, 0.5) is 5.69 Å². The zero-order valence-corrected chi connectivity index (χ0v) is 20.9. The van der Waals surface area contributed by atoms with Crippen molar-refractivity contribution in [2.24, 2.45) is 5.92 Å². The van der Waals surface area contributed by atoms with Gasteiger partial charge in [0.05, 0.1) is 6.61 Å². The third kappa shape index (κ3) is 7.17. The van der Waals surface area contributed by atoms with Gasteiger partial charge in [-0.25, -0.2) is 0 Å². The van der Waals surface area contributed by atoms with E-state index in [2.05, 4.69) is 56.9 Å². The molecule has 3 aromatic rings. The molecule has 0 unspecified atom stereocenters. The third-order valence-electron chi connectivity index (χ3n) is 6.12. The van der Waals surface area contributed by atoms with Crippen LogP contribution in [-0.2, 0) is 17.9 Å². The van der Waals surface area contributed by atoms with Gasteiger partial charge in [-0.1, -0.05) is 41.2 Å². The van der Waals surface area contributed by atoms with Crippen molar-refractivity contribution in [3.63, 3.8) is 0 Å². The lowest BCUT2D eigenvalue weighted by Crippen LogP contribution is -2.38. The monoisotopic (exact) mass is 493 g/mol. The summed E-state index contributed by atoms with van der Waals surface area (Å²) in [6.07, 6.45) is 2.16. The van der Waals surface area contributed by atoms with Crippen molar-refractivity contribution in [3.05, 3.63) is 75.2 Å². The van der Waals surface area contributed by atoms with E-state index in [1.165, 1.54) is 22.5 Å². The van der Waals surface area contributed by atoms with Crippen molar-refractivity contribution in [1.29, 1.82) is 0 Å². The van der Waals surface area contributed by atoms with Crippen LogP contribution in [0.1, 0.15) is 49.1 Å². The number of aryl methyl sites for hydroxylation is 1. The number of aromatic nitrogens is 2. The number of carbonyl (C=O) groups excluding carboxylic acids is 2. The Morgan fingerprint density at radius 3 is 2.43 bits per heavy atom. The molecule has 1 aliphatic heterocycles. The molecule has 2 N–H and O–H groups in total. The van der Waals surface area contributed by atoms with Gasteiger partial charge in [-0.05, 0) is 68.6 Å². The molecule has 1 aromatic heterocycles. The molecule has 8 nitrogen and oxygen atoms in total. The number of amides is 2. The Hall–Kier alpha value is -3.14. The number of rotatable bonds is 9. The van der Waals surface area contributed by atoms with Crippen molar-refractivity contribution in [3.8, 4) is 0 Å². The number of nitrogens with zero attached hydrogens (tertiary/aromatic N) is 3. The first-order chi connectivity index (χ1) is 17.0. The number of likely N-dealkylation sites (tertiary alicyclic amines) is 1. The summed E-state index contributed by atoms with van der Waals surface area (Å²) in [5.74, 6) is 0.0516. The van der Waals surface area contributed by atoms with Crippen LogP contribution in [0.25, 0.3) is 0 Å². The molecule has 1 aliphatic rings. The van der Waals surface area contributed by atoms with Gasteiger partial charge in [-0.2, -0.15) is 0 Å². The normalized spacial score (nSPS) is 14.6. The van der Waals surface area contributed by atoms with Gasteiger partial charge in [0.15, 0.2) is 0 Å². The van der Waals surface area contributed by atoms with Crippen molar-refractivity contribution in [2.45, 2.75) is 32.9 Å². The predicted octanol–water partition coefficient (Wildman–Crippen LogP) is 3.89. The first-order valence-electron chi connectivity index (χ1n) is 11.8. The van der Waals surface area contributed by atoms with E-state index >= 15 is 0 Å². The molecule has 2 amide bonds. The molecular formula is C26H31N5O3S. The predicted molar refractivity (Wildman–Crippen MR) is 137 cm³/mol. The van der Waals surface area contributed by atoms with Crippen LogP contribution in [0.2, 0.25) is 0 Å². The number of carbonyl (C=O) groups is 2. The maximum absolute atomic E-state index is 12.6. The van der Waals surface area contributed by atoms with Gasteiger partial charge in [0.1, 0.15) is 5.01 Å². The minimum absolute atomic E-state index is 0.0988. The Kier molecular flexibility index (Phi) is 8.57. The van der Waals surface area contributed by atoms with E-state index in [0.29, 0.717) is 35.3 Å². The van der Waals surface area contributed by atoms with E-state index in [1.54, 1.807) is 31.4 Å². The first-order valence-corrected chi connectivity index (χ1v) is 12.6. The van der Waals surface area contributed by atoms with Crippen LogP contribution in [0.3, 0.4) is 0 Å². The summed E-state index contributed by atoms with van der Waals surface area (Å²) >= 11 is 1.19.